The van der Waals surface area contributed by atoms with Crippen molar-refractivity contribution in [1.82, 2.24) is 5.32 Å². The lowest BCUT2D eigenvalue weighted by Crippen LogP contribution is -2.22. The van der Waals surface area contributed by atoms with Gasteiger partial charge < -0.3 is 19.2 Å². The van der Waals surface area contributed by atoms with Crippen LogP contribution in [0.4, 0.5) is 0 Å². The second kappa shape index (κ2) is 7.88. The van der Waals surface area contributed by atoms with Gasteiger partial charge in [0.05, 0.1) is 6.54 Å². The van der Waals surface area contributed by atoms with E-state index in [1.165, 1.54) is 0 Å². The Balaban J connectivity index is 1.27. The van der Waals surface area contributed by atoms with Crippen LogP contribution in [0, 0.1) is 0 Å². The summed E-state index contributed by atoms with van der Waals surface area (Å²) in [6.45, 7) is 0.626. The number of carbonyl (C=O) groups is 1. The van der Waals surface area contributed by atoms with Gasteiger partial charge in [0.25, 0.3) is 0 Å². The number of nitrogens with one attached hydrogen (secondary N) is 1. The summed E-state index contributed by atoms with van der Waals surface area (Å²) in [7, 11) is 0. The van der Waals surface area contributed by atoms with E-state index >= 15 is 0 Å². The molecule has 2 heterocycles. The van der Waals surface area contributed by atoms with Gasteiger partial charge in [-0.15, -0.1) is 0 Å². The van der Waals surface area contributed by atoms with Crippen molar-refractivity contribution in [2.24, 2.45) is 0 Å². The molecule has 0 atom stereocenters. The molecular formula is C21H18BrNO4. The smallest absolute Gasteiger partial charge is 0.231 e. The van der Waals surface area contributed by atoms with Crippen molar-refractivity contribution in [3.05, 3.63) is 70.4 Å². The van der Waals surface area contributed by atoms with Gasteiger partial charge in [-0.25, -0.2) is 0 Å². The minimum atomic E-state index is -0.0192. The van der Waals surface area contributed by atoms with Crippen LogP contribution in [-0.4, -0.2) is 12.7 Å². The fourth-order valence-electron chi connectivity index (χ4n) is 2.87. The lowest BCUT2D eigenvalue weighted by Gasteiger charge is -2.05. The molecule has 1 aromatic heterocycles. The maximum atomic E-state index is 12.1. The van der Waals surface area contributed by atoms with Gasteiger partial charge in [0, 0.05) is 16.5 Å². The lowest BCUT2D eigenvalue weighted by molar-refractivity contribution is -0.121. The van der Waals surface area contributed by atoms with Gasteiger partial charge in [-0.05, 0) is 48.4 Å². The highest BCUT2D eigenvalue weighted by atomic mass is 79.9. The number of hydrogen-bond donors (Lipinski definition) is 1. The van der Waals surface area contributed by atoms with Gasteiger partial charge in [0.2, 0.25) is 12.7 Å². The summed E-state index contributed by atoms with van der Waals surface area (Å²) in [4.78, 5) is 12.1. The van der Waals surface area contributed by atoms with Crippen LogP contribution in [0.2, 0.25) is 0 Å². The molecule has 1 aliphatic heterocycles. The van der Waals surface area contributed by atoms with Crippen molar-refractivity contribution < 1.29 is 18.7 Å². The molecule has 0 aliphatic carbocycles. The van der Waals surface area contributed by atoms with Crippen LogP contribution in [0.15, 0.2) is 63.5 Å². The Labute approximate surface area is 165 Å². The molecule has 0 saturated heterocycles. The number of rotatable bonds is 6. The zero-order valence-corrected chi connectivity index (χ0v) is 16.1. The number of carbonyl (C=O) groups excluding carboxylic acids is 1. The van der Waals surface area contributed by atoms with E-state index < -0.39 is 0 Å². The number of ether oxygens (including phenoxy) is 2. The molecule has 5 nitrogen and oxygen atoms in total. The van der Waals surface area contributed by atoms with Crippen molar-refractivity contribution in [3.8, 4) is 22.8 Å². The summed E-state index contributed by atoms with van der Waals surface area (Å²) < 4.78 is 17.5. The average Bonchev–Trinajstić information content (AvgIpc) is 3.34. The topological polar surface area (TPSA) is 60.7 Å². The molecule has 0 radical (unpaired) electrons. The van der Waals surface area contributed by atoms with Crippen LogP contribution in [-0.2, 0) is 17.8 Å². The van der Waals surface area contributed by atoms with Gasteiger partial charge in [-0.3, -0.25) is 4.79 Å². The standard InChI is InChI=1S/C21H18BrNO4/c22-16-5-3-15(4-6-16)18-9-7-17(27-18)12-23-21(24)10-2-14-1-8-19-20(11-14)26-13-25-19/h1,3-9,11H,2,10,12-13H2,(H,23,24). The van der Waals surface area contributed by atoms with E-state index in [-0.39, 0.29) is 12.7 Å². The van der Waals surface area contributed by atoms with E-state index in [0.29, 0.717) is 19.4 Å². The van der Waals surface area contributed by atoms with Gasteiger partial charge in [0.1, 0.15) is 11.5 Å². The van der Waals surface area contributed by atoms with E-state index in [4.69, 9.17) is 13.9 Å². The third-order valence-electron chi connectivity index (χ3n) is 4.33. The summed E-state index contributed by atoms with van der Waals surface area (Å²) in [5.41, 5.74) is 2.04. The second-order valence-corrected chi connectivity index (χ2v) is 7.15. The molecule has 0 bridgehead atoms. The van der Waals surface area contributed by atoms with Crippen molar-refractivity contribution in [1.29, 1.82) is 0 Å². The molecule has 0 unspecified atom stereocenters. The second-order valence-electron chi connectivity index (χ2n) is 6.24. The molecule has 2 aromatic carbocycles. The first-order valence-corrected chi connectivity index (χ1v) is 9.46. The van der Waals surface area contributed by atoms with Crippen molar-refractivity contribution in [3.63, 3.8) is 0 Å². The molecule has 0 saturated carbocycles. The van der Waals surface area contributed by atoms with Crippen molar-refractivity contribution >= 4 is 21.8 Å². The maximum absolute atomic E-state index is 12.1. The summed E-state index contributed by atoms with van der Waals surface area (Å²) in [6, 6.07) is 17.5. The minimum absolute atomic E-state index is 0.0192. The summed E-state index contributed by atoms with van der Waals surface area (Å²) in [5.74, 6) is 2.98. The number of aryl methyl sites for hydroxylation is 1. The first-order chi connectivity index (χ1) is 13.2. The third kappa shape index (κ3) is 4.34. The Kier molecular flexibility index (Phi) is 5.16. The zero-order valence-electron chi connectivity index (χ0n) is 14.5. The SMILES string of the molecule is O=C(CCc1ccc2c(c1)OCO2)NCc1ccc(-c2ccc(Br)cc2)o1. The van der Waals surface area contributed by atoms with Gasteiger partial charge in [-0.2, -0.15) is 0 Å². The van der Waals surface area contributed by atoms with E-state index in [2.05, 4.69) is 21.2 Å². The molecule has 27 heavy (non-hydrogen) atoms. The highest BCUT2D eigenvalue weighted by Gasteiger charge is 2.13. The van der Waals surface area contributed by atoms with Crippen LogP contribution in [0.3, 0.4) is 0 Å². The van der Waals surface area contributed by atoms with Crippen LogP contribution in [0.25, 0.3) is 11.3 Å². The van der Waals surface area contributed by atoms with Crippen LogP contribution in [0.1, 0.15) is 17.7 Å². The normalized spacial score (nSPS) is 12.2. The van der Waals surface area contributed by atoms with Crippen LogP contribution >= 0.6 is 15.9 Å². The van der Waals surface area contributed by atoms with Crippen molar-refractivity contribution in [2.45, 2.75) is 19.4 Å². The fraction of sp³-hybridized carbons (Fsp3) is 0.190. The van der Waals surface area contributed by atoms with Crippen LogP contribution in [0.5, 0.6) is 11.5 Å². The quantitative estimate of drug-likeness (QED) is 0.619. The van der Waals surface area contributed by atoms with E-state index in [9.17, 15) is 4.79 Å². The van der Waals surface area contributed by atoms with Gasteiger partial charge in [0.15, 0.2) is 11.5 Å². The molecule has 138 valence electrons. The number of benzene rings is 2. The highest BCUT2D eigenvalue weighted by Crippen LogP contribution is 2.32. The molecule has 1 N–H and O–H groups in total. The predicted molar refractivity (Wildman–Crippen MR) is 105 cm³/mol. The van der Waals surface area contributed by atoms with E-state index in [0.717, 1.165) is 38.6 Å². The Bertz CT molecular complexity index is 949. The van der Waals surface area contributed by atoms with Gasteiger partial charge in [-0.1, -0.05) is 34.1 Å². The third-order valence-corrected chi connectivity index (χ3v) is 4.86. The summed E-state index contributed by atoms with van der Waals surface area (Å²) in [6.07, 6.45) is 1.05. The monoisotopic (exact) mass is 427 g/mol. The Hall–Kier alpha value is -2.73. The number of fused-ring (bicyclic) bond motifs is 1. The number of amides is 1. The highest BCUT2D eigenvalue weighted by molar-refractivity contribution is 9.10. The van der Waals surface area contributed by atoms with Gasteiger partial charge >= 0.3 is 0 Å². The number of furan rings is 1. The first-order valence-electron chi connectivity index (χ1n) is 8.67. The molecule has 4 rings (SSSR count). The van der Waals surface area contributed by atoms with E-state index in [1.807, 2.05) is 54.6 Å². The van der Waals surface area contributed by atoms with Crippen molar-refractivity contribution in [2.75, 3.05) is 6.79 Å². The predicted octanol–water partition coefficient (Wildman–Crippen LogP) is 4.69. The molecule has 1 amide bonds. The molecule has 6 heteroatoms. The molecule has 3 aromatic rings. The maximum Gasteiger partial charge on any atom is 0.231 e. The lowest BCUT2D eigenvalue weighted by atomic mass is 10.1. The Morgan fingerprint density at radius 1 is 1.00 bits per heavy atom. The average molecular weight is 428 g/mol. The molecular weight excluding hydrogens is 410 g/mol. The molecule has 0 spiro atoms. The number of halogens is 1. The fourth-order valence-corrected chi connectivity index (χ4v) is 3.13. The summed E-state index contributed by atoms with van der Waals surface area (Å²) >= 11 is 3.42. The number of hydrogen-bond acceptors (Lipinski definition) is 4. The van der Waals surface area contributed by atoms with Crippen LogP contribution < -0.4 is 14.8 Å². The molecule has 0 fully saturated rings. The minimum Gasteiger partial charge on any atom is -0.459 e. The Morgan fingerprint density at radius 3 is 2.67 bits per heavy atom. The van der Waals surface area contributed by atoms with E-state index in [1.54, 1.807) is 0 Å². The largest absolute Gasteiger partial charge is 0.459 e. The molecule has 1 aliphatic rings. The zero-order chi connectivity index (χ0) is 18.6. The Morgan fingerprint density at radius 2 is 1.81 bits per heavy atom. The summed E-state index contributed by atoms with van der Waals surface area (Å²) in [5, 5.41) is 2.90. The first kappa shape index (κ1) is 17.7.